The Bertz CT molecular complexity index is 1040. The maximum absolute atomic E-state index is 4.90. The number of hydrogen-bond acceptors (Lipinski definition) is 2. The van der Waals surface area contributed by atoms with Gasteiger partial charge < -0.3 is 4.98 Å². The molecule has 0 unspecified atom stereocenters. The minimum Gasteiger partial charge on any atom is -0.353 e. The van der Waals surface area contributed by atoms with Crippen molar-refractivity contribution in [2.45, 2.75) is 48.5 Å². The molecule has 144 valence electrons. The van der Waals surface area contributed by atoms with Gasteiger partial charge in [0.1, 0.15) is 0 Å². The molecule has 0 amide bonds. The van der Waals surface area contributed by atoms with E-state index in [1.165, 1.54) is 27.8 Å². The average Bonchev–Trinajstić information content (AvgIpc) is 3.11. The van der Waals surface area contributed by atoms with E-state index < -0.39 is 0 Å². The smallest absolute Gasteiger partial charge is 0.0692 e. The van der Waals surface area contributed by atoms with Gasteiger partial charge in [-0.25, -0.2) is 0 Å². The molecule has 3 rings (SSSR count). The van der Waals surface area contributed by atoms with Crippen LogP contribution in [-0.4, -0.2) is 16.4 Å². The molecule has 3 nitrogen and oxygen atoms in total. The van der Waals surface area contributed by atoms with Crippen LogP contribution < -0.4 is 0 Å². The maximum Gasteiger partial charge on any atom is 0.0692 e. The van der Waals surface area contributed by atoms with Gasteiger partial charge in [-0.15, -0.1) is 0 Å². The van der Waals surface area contributed by atoms with Gasteiger partial charge in [-0.05, 0) is 82.9 Å². The van der Waals surface area contributed by atoms with E-state index in [-0.39, 0.29) is 0 Å². The van der Waals surface area contributed by atoms with Crippen LogP contribution >= 0.6 is 0 Å². The van der Waals surface area contributed by atoms with Gasteiger partial charge in [-0.3, -0.25) is 9.98 Å². The van der Waals surface area contributed by atoms with Gasteiger partial charge in [0.05, 0.1) is 34.2 Å². The lowest BCUT2D eigenvalue weighted by molar-refractivity contribution is 1.26. The Morgan fingerprint density at radius 2 is 1.07 bits per heavy atom. The first kappa shape index (κ1) is 19.8. The number of aromatic nitrogens is 1. The number of rotatable bonds is 4. The monoisotopic (exact) mass is 371 g/mol. The number of para-hydroxylation sites is 1. The number of benzene rings is 2. The minimum atomic E-state index is 0.971. The van der Waals surface area contributed by atoms with Crippen molar-refractivity contribution in [1.82, 2.24) is 4.98 Å². The lowest BCUT2D eigenvalue weighted by Gasteiger charge is -2.08. The van der Waals surface area contributed by atoms with Crippen LogP contribution in [0.2, 0.25) is 0 Å². The minimum absolute atomic E-state index is 0.971. The Hall–Kier alpha value is -2.94. The van der Waals surface area contributed by atoms with Gasteiger partial charge in [0.25, 0.3) is 0 Å². The number of hydrogen-bond donors (Lipinski definition) is 1. The quantitative estimate of drug-likeness (QED) is 0.488. The Kier molecular flexibility index (Phi) is 5.64. The Morgan fingerprint density at radius 1 is 0.643 bits per heavy atom. The number of nitrogens with zero attached hydrogens (tertiary/aromatic N) is 2. The highest BCUT2D eigenvalue weighted by Crippen LogP contribution is 2.26. The molecule has 0 bridgehead atoms. The Labute approximate surface area is 168 Å². The summed E-state index contributed by atoms with van der Waals surface area (Å²) in [6.45, 7) is 14.6. The molecule has 0 saturated carbocycles. The summed E-state index contributed by atoms with van der Waals surface area (Å²) in [6.07, 6.45) is 0. The SMILES string of the molecule is CC(=Nc1c(C)cccc1C)c1ccc(C(C)=Nc2c(C)cc(C)cc2C)[nH]1. The lowest BCUT2D eigenvalue weighted by Crippen LogP contribution is -1.99. The fourth-order valence-corrected chi connectivity index (χ4v) is 3.60. The lowest BCUT2D eigenvalue weighted by atomic mass is 10.1. The molecule has 0 fully saturated rings. The van der Waals surface area contributed by atoms with Crippen LogP contribution in [0.4, 0.5) is 11.4 Å². The van der Waals surface area contributed by atoms with Crippen LogP contribution in [0.1, 0.15) is 53.1 Å². The summed E-state index contributed by atoms with van der Waals surface area (Å²) in [5.41, 5.74) is 12.1. The predicted octanol–water partition coefficient (Wildman–Crippen LogP) is 6.84. The van der Waals surface area contributed by atoms with Crippen LogP contribution in [0.15, 0.2) is 52.4 Å². The summed E-state index contributed by atoms with van der Waals surface area (Å²) >= 11 is 0. The van der Waals surface area contributed by atoms with Crippen molar-refractivity contribution in [3.8, 4) is 0 Å². The van der Waals surface area contributed by atoms with Crippen LogP contribution in [0.5, 0.6) is 0 Å². The molecule has 28 heavy (non-hydrogen) atoms. The molecule has 0 atom stereocenters. The summed E-state index contributed by atoms with van der Waals surface area (Å²) in [5.74, 6) is 0. The molecule has 3 heteroatoms. The molecule has 1 N–H and O–H groups in total. The van der Waals surface area contributed by atoms with E-state index in [1.54, 1.807) is 0 Å². The fraction of sp³-hybridized carbons (Fsp3) is 0.280. The highest BCUT2D eigenvalue weighted by molar-refractivity contribution is 6.03. The molecule has 0 aliphatic rings. The maximum atomic E-state index is 4.90. The van der Waals surface area contributed by atoms with Crippen LogP contribution in [0, 0.1) is 34.6 Å². The van der Waals surface area contributed by atoms with Crippen molar-refractivity contribution in [3.05, 3.63) is 81.7 Å². The first-order valence-electron chi connectivity index (χ1n) is 9.70. The Balaban J connectivity index is 1.93. The van der Waals surface area contributed by atoms with Gasteiger partial charge in [-0.2, -0.15) is 0 Å². The van der Waals surface area contributed by atoms with Crippen LogP contribution in [0.25, 0.3) is 0 Å². The van der Waals surface area contributed by atoms with Crippen molar-refractivity contribution in [3.63, 3.8) is 0 Å². The van der Waals surface area contributed by atoms with E-state index in [4.69, 9.17) is 9.98 Å². The second-order valence-electron chi connectivity index (χ2n) is 7.67. The molecule has 1 heterocycles. The van der Waals surface area contributed by atoms with E-state index in [9.17, 15) is 0 Å². The highest BCUT2D eigenvalue weighted by Gasteiger charge is 2.09. The highest BCUT2D eigenvalue weighted by atomic mass is 14.8. The van der Waals surface area contributed by atoms with Gasteiger partial charge in [0.2, 0.25) is 0 Å². The summed E-state index contributed by atoms with van der Waals surface area (Å²) < 4.78 is 0. The average molecular weight is 372 g/mol. The molecule has 0 radical (unpaired) electrons. The van der Waals surface area contributed by atoms with E-state index in [2.05, 4.69) is 82.1 Å². The third kappa shape index (κ3) is 4.14. The van der Waals surface area contributed by atoms with Gasteiger partial charge in [-0.1, -0.05) is 35.9 Å². The Morgan fingerprint density at radius 3 is 1.54 bits per heavy atom. The van der Waals surface area contributed by atoms with Crippen molar-refractivity contribution in [1.29, 1.82) is 0 Å². The van der Waals surface area contributed by atoms with Crippen molar-refractivity contribution in [2.24, 2.45) is 9.98 Å². The largest absolute Gasteiger partial charge is 0.353 e. The van der Waals surface area contributed by atoms with E-state index >= 15 is 0 Å². The molecule has 2 aromatic carbocycles. The van der Waals surface area contributed by atoms with Gasteiger partial charge >= 0.3 is 0 Å². The van der Waals surface area contributed by atoms with E-state index in [1.807, 2.05) is 13.8 Å². The normalized spacial score (nSPS) is 12.5. The first-order valence-corrected chi connectivity index (χ1v) is 9.70. The third-order valence-corrected chi connectivity index (χ3v) is 5.10. The number of aliphatic imine (C=N–C) groups is 2. The van der Waals surface area contributed by atoms with Crippen LogP contribution in [-0.2, 0) is 0 Å². The molecule has 0 saturated heterocycles. The number of H-pyrrole nitrogens is 1. The molecule has 3 aromatic rings. The van der Waals surface area contributed by atoms with E-state index in [0.29, 0.717) is 0 Å². The summed E-state index contributed by atoms with van der Waals surface area (Å²) in [4.78, 5) is 13.2. The number of aryl methyl sites for hydroxylation is 5. The molecule has 0 spiro atoms. The number of nitrogens with one attached hydrogen (secondary N) is 1. The zero-order valence-corrected chi connectivity index (χ0v) is 17.9. The van der Waals surface area contributed by atoms with Crippen molar-refractivity contribution >= 4 is 22.8 Å². The van der Waals surface area contributed by atoms with E-state index in [0.717, 1.165) is 34.2 Å². The topological polar surface area (TPSA) is 40.5 Å². The second kappa shape index (κ2) is 7.97. The van der Waals surface area contributed by atoms with Crippen molar-refractivity contribution in [2.75, 3.05) is 0 Å². The third-order valence-electron chi connectivity index (χ3n) is 5.10. The number of aromatic amines is 1. The molecule has 1 aromatic heterocycles. The molecule has 0 aliphatic carbocycles. The standard InChI is InChI=1S/C25H29N3/c1-15-13-18(4)25(19(5)14-15)27-21(7)23-12-11-22(28-23)20(6)26-24-16(2)9-8-10-17(24)3/h8-14,28H,1-7H3. The molecular weight excluding hydrogens is 342 g/mol. The zero-order chi connectivity index (χ0) is 20.4. The summed E-state index contributed by atoms with van der Waals surface area (Å²) in [5, 5.41) is 0. The second-order valence-corrected chi connectivity index (χ2v) is 7.67. The van der Waals surface area contributed by atoms with Gasteiger partial charge in [0.15, 0.2) is 0 Å². The summed E-state index contributed by atoms with van der Waals surface area (Å²) in [7, 11) is 0. The first-order chi connectivity index (χ1) is 13.3. The van der Waals surface area contributed by atoms with Crippen LogP contribution in [0.3, 0.4) is 0 Å². The van der Waals surface area contributed by atoms with Crippen molar-refractivity contribution < 1.29 is 0 Å². The summed E-state index contributed by atoms with van der Waals surface area (Å²) in [6, 6.07) is 14.8. The molecule has 0 aliphatic heterocycles. The zero-order valence-electron chi connectivity index (χ0n) is 17.9. The fourth-order valence-electron chi connectivity index (χ4n) is 3.60. The molecular formula is C25H29N3. The predicted molar refractivity (Wildman–Crippen MR) is 121 cm³/mol. The van der Waals surface area contributed by atoms with Gasteiger partial charge in [0, 0.05) is 0 Å².